The molecule has 1 aromatic heterocycles. The van der Waals surface area contributed by atoms with Crippen molar-refractivity contribution in [3.8, 4) is 0 Å². The molecule has 4 rings (SSSR count). The van der Waals surface area contributed by atoms with Crippen molar-refractivity contribution < 1.29 is 28.7 Å². The largest absolute Gasteiger partial charge is 0.467 e. The second kappa shape index (κ2) is 14.1. The molecule has 0 aliphatic carbocycles. The molecule has 1 fully saturated rings. The van der Waals surface area contributed by atoms with E-state index in [4.69, 9.17) is 15.2 Å². The molecule has 1 unspecified atom stereocenters. The first-order valence-electron chi connectivity index (χ1n) is 14.1. The molecular formula is C31H38N6O6. The molecule has 43 heavy (non-hydrogen) atoms. The summed E-state index contributed by atoms with van der Waals surface area (Å²) < 4.78 is 12.3. The molecule has 2 aromatic carbocycles. The highest BCUT2D eigenvalue weighted by Crippen LogP contribution is 2.28. The fourth-order valence-corrected chi connectivity index (χ4v) is 4.80. The van der Waals surface area contributed by atoms with Crippen molar-refractivity contribution in [3.63, 3.8) is 0 Å². The number of amides is 3. The highest BCUT2D eigenvalue weighted by molar-refractivity contribution is 5.98. The van der Waals surface area contributed by atoms with E-state index in [0.29, 0.717) is 24.9 Å². The number of rotatable bonds is 12. The van der Waals surface area contributed by atoms with Crippen molar-refractivity contribution in [1.29, 1.82) is 0 Å². The summed E-state index contributed by atoms with van der Waals surface area (Å²) in [5.41, 5.74) is 6.32. The van der Waals surface area contributed by atoms with Crippen LogP contribution >= 0.6 is 0 Å². The van der Waals surface area contributed by atoms with Crippen LogP contribution in [-0.2, 0) is 35.3 Å². The van der Waals surface area contributed by atoms with E-state index in [0.717, 1.165) is 5.56 Å². The average molecular weight is 591 g/mol. The van der Waals surface area contributed by atoms with Gasteiger partial charge in [0.2, 0.25) is 5.91 Å². The summed E-state index contributed by atoms with van der Waals surface area (Å²) in [6.07, 6.45) is 4.17. The zero-order valence-corrected chi connectivity index (χ0v) is 24.6. The van der Waals surface area contributed by atoms with Crippen molar-refractivity contribution in [1.82, 2.24) is 19.8 Å². The first-order chi connectivity index (χ1) is 20.6. The van der Waals surface area contributed by atoms with Crippen molar-refractivity contribution in [3.05, 3.63) is 84.3 Å². The number of nitrogens with one attached hydrogen (secondary N) is 2. The number of nitrogens with two attached hydrogens (primary N) is 1. The van der Waals surface area contributed by atoms with Gasteiger partial charge in [0.1, 0.15) is 18.1 Å². The minimum Gasteiger partial charge on any atom is -0.467 e. The number of benzene rings is 2. The molecule has 2 heterocycles. The number of hydrogen-bond donors (Lipinski definition) is 3. The standard InChI is InChI=1S/C31H38N6O6/c1-31(2,32)30(41)34-23(19-43-18-21-11-6-4-7-12-21)27(38)35-25-17-36(20-33-25)26(22-13-8-5-9-14-22)28(39)37-16-10-15-24(37)29(40)42-3/h4-9,11-14,17,20,23-24,26H,10,15-16,18-19,32H2,1-3H3,(H,34,41)(H,35,38)/t23-,24-,26?/m0/s1. The summed E-state index contributed by atoms with van der Waals surface area (Å²) in [4.78, 5) is 58.1. The Bertz CT molecular complexity index is 1400. The molecule has 1 saturated heterocycles. The summed E-state index contributed by atoms with van der Waals surface area (Å²) in [6.45, 7) is 3.62. The molecule has 0 radical (unpaired) electrons. The average Bonchev–Trinajstić information content (AvgIpc) is 3.67. The maximum Gasteiger partial charge on any atom is 0.328 e. The Labute approximate surface area is 250 Å². The third-order valence-electron chi connectivity index (χ3n) is 7.11. The van der Waals surface area contributed by atoms with E-state index < -0.39 is 41.4 Å². The Morgan fingerprint density at radius 2 is 1.74 bits per heavy atom. The minimum absolute atomic E-state index is 0.113. The normalized spacial score (nSPS) is 16.3. The first kappa shape index (κ1) is 31.4. The van der Waals surface area contributed by atoms with Crippen LogP contribution in [0.3, 0.4) is 0 Å². The van der Waals surface area contributed by atoms with Gasteiger partial charge in [0.25, 0.3) is 11.8 Å². The number of imidazole rings is 1. The molecule has 12 heteroatoms. The predicted octanol–water partition coefficient (Wildman–Crippen LogP) is 2.01. The highest BCUT2D eigenvalue weighted by atomic mass is 16.5. The van der Waals surface area contributed by atoms with Gasteiger partial charge in [-0.05, 0) is 37.8 Å². The lowest BCUT2D eigenvalue weighted by Gasteiger charge is -2.28. The number of methoxy groups -OCH3 is 1. The summed E-state index contributed by atoms with van der Waals surface area (Å²) in [5.74, 6) is -1.68. The monoisotopic (exact) mass is 590 g/mol. The van der Waals surface area contributed by atoms with Crippen molar-refractivity contribution in [2.75, 3.05) is 25.6 Å². The van der Waals surface area contributed by atoms with Gasteiger partial charge in [-0.3, -0.25) is 14.4 Å². The number of nitrogens with zero attached hydrogens (tertiary/aromatic N) is 3. The van der Waals surface area contributed by atoms with Gasteiger partial charge in [-0.15, -0.1) is 0 Å². The van der Waals surface area contributed by atoms with E-state index in [1.54, 1.807) is 4.57 Å². The van der Waals surface area contributed by atoms with E-state index >= 15 is 0 Å². The van der Waals surface area contributed by atoms with Gasteiger partial charge >= 0.3 is 5.97 Å². The molecule has 0 saturated carbocycles. The van der Waals surface area contributed by atoms with Crippen LogP contribution in [0.15, 0.2) is 73.2 Å². The molecule has 3 amide bonds. The zero-order chi connectivity index (χ0) is 31.0. The molecule has 3 aromatic rings. The maximum atomic E-state index is 13.9. The Balaban J connectivity index is 1.53. The molecule has 0 spiro atoms. The Morgan fingerprint density at radius 3 is 2.40 bits per heavy atom. The Hall–Kier alpha value is -4.55. The number of aromatic nitrogens is 2. The molecule has 12 nitrogen and oxygen atoms in total. The predicted molar refractivity (Wildman–Crippen MR) is 158 cm³/mol. The van der Waals surface area contributed by atoms with Crippen molar-refractivity contribution >= 4 is 29.5 Å². The van der Waals surface area contributed by atoms with Crippen LogP contribution in [0.1, 0.15) is 43.9 Å². The molecular weight excluding hydrogens is 552 g/mol. The summed E-state index contributed by atoms with van der Waals surface area (Å²) >= 11 is 0. The van der Waals surface area contributed by atoms with E-state index in [2.05, 4.69) is 15.6 Å². The van der Waals surface area contributed by atoms with Crippen LogP contribution in [0.4, 0.5) is 5.82 Å². The number of carbonyl (C=O) groups excluding carboxylic acids is 4. The first-order valence-corrected chi connectivity index (χ1v) is 14.1. The van der Waals surface area contributed by atoms with Crippen LogP contribution in [0.2, 0.25) is 0 Å². The van der Waals surface area contributed by atoms with E-state index in [-0.39, 0.29) is 24.9 Å². The van der Waals surface area contributed by atoms with Crippen LogP contribution in [0.5, 0.6) is 0 Å². The maximum absolute atomic E-state index is 13.9. The second-order valence-corrected chi connectivity index (χ2v) is 11.0. The van der Waals surface area contributed by atoms with Crippen molar-refractivity contribution in [2.24, 2.45) is 5.73 Å². The summed E-state index contributed by atoms with van der Waals surface area (Å²) in [7, 11) is 1.31. The van der Waals surface area contributed by atoms with E-state index in [1.165, 1.54) is 38.4 Å². The lowest BCUT2D eigenvalue weighted by Crippen LogP contribution is -2.56. The number of carbonyl (C=O) groups is 4. The number of ether oxygens (including phenoxy) is 2. The molecule has 228 valence electrons. The highest BCUT2D eigenvalue weighted by Gasteiger charge is 2.39. The van der Waals surface area contributed by atoms with Gasteiger partial charge in [-0.25, -0.2) is 9.78 Å². The fourth-order valence-electron chi connectivity index (χ4n) is 4.80. The van der Waals surface area contributed by atoms with Crippen molar-refractivity contribution in [2.45, 2.75) is 57.0 Å². The molecule has 1 aliphatic rings. The fraction of sp³-hybridized carbons (Fsp3) is 0.387. The smallest absolute Gasteiger partial charge is 0.328 e. The number of hydrogen-bond acceptors (Lipinski definition) is 8. The van der Waals surface area contributed by atoms with Gasteiger partial charge < -0.3 is 35.3 Å². The Kier molecular flexibility index (Phi) is 10.3. The van der Waals surface area contributed by atoms with E-state index in [9.17, 15) is 19.2 Å². The number of esters is 1. The number of anilines is 1. The lowest BCUT2D eigenvalue weighted by molar-refractivity contribution is -0.151. The summed E-state index contributed by atoms with van der Waals surface area (Å²) in [5, 5.41) is 5.37. The van der Waals surface area contributed by atoms with Crippen LogP contribution in [0, 0.1) is 0 Å². The quantitative estimate of drug-likeness (QED) is 0.270. The summed E-state index contributed by atoms with van der Waals surface area (Å²) in [6, 6.07) is 16.0. The number of likely N-dealkylation sites (tertiary alicyclic amines) is 1. The topological polar surface area (TPSA) is 158 Å². The van der Waals surface area contributed by atoms with E-state index in [1.807, 2.05) is 60.7 Å². The second-order valence-electron chi connectivity index (χ2n) is 11.0. The SMILES string of the molecule is COC(=O)[C@@H]1CCCN1C(=O)C(c1ccccc1)n1cnc(NC(=O)[C@H](COCc2ccccc2)NC(=O)C(C)(C)N)c1. The van der Waals surface area contributed by atoms with Gasteiger partial charge in [-0.1, -0.05) is 60.7 Å². The molecule has 1 aliphatic heterocycles. The Morgan fingerprint density at radius 1 is 1.07 bits per heavy atom. The molecule has 4 N–H and O–H groups in total. The van der Waals surface area contributed by atoms with Gasteiger partial charge in [0, 0.05) is 12.7 Å². The van der Waals surface area contributed by atoms with Gasteiger partial charge in [0.05, 0.1) is 32.2 Å². The minimum atomic E-state index is -1.22. The van der Waals surface area contributed by atoms with Gasteiger partial charge in [0.15, 0.2) is 5.82 Å². The third kappa shape index (κ3) is 8.05. The molecule has 0 bridgehead atoms. The third-order valence-corrected chi connectivity index (χ3v) is 7.11. The van der Waals surface area contributed by atoms with Gasteiger partial charge in [-0.2, -0.15) is 0 Å². The van der Waals surface area contributed by atoms with Crippen LogP contribution in [-0.4, -0.2) is 76.0 Å². The zero-order valence-electron chi connectivity index (χ0n) is 24.6. The van der Waals surface area contributed by atoms with Crippen LogP contribution in [0.25, 0.3) is 0 Å². The lowest BCUT2D eigenvalue weighted by atomic mass is 10.0. The molecule has 3 atom stereocenters. The van der Waals surface area contributed by atoms with Crippen LogP contribution < -0.4 is 16.4 Å².